The molecule has 0 spiro atoms. The molecule has 1 aromatic carbocycles. The van der Waals surface area contributed by atoms with E-state index in [0.717, 1.165) is 44.7 Å². The van der Waals surface area contributed by atoms with Crippen LogP contribution in [0.15, 0.2) is 30.3 Å². The van der Waals surface area contributed by atoms with Gasteiger partial charge in [-0.3, -0.25) is 4.79 Å². The van der Waals surface area contributed by atoms with Gasteiger partial charge in [-0.15, -0.1) is 0 Å². The molecule has 0 aromatic heterocycles. The highest BCUT2D eigenvalue weighted by Crippen LogP contribution is 2.03. The Bertz CT molecular complexity index is 573. The molecule has 150 valence electrons. The number of carbonyl (C=O) groups is 2. The van der Waals surface area contributed by atoms with Gasteiger partial charge >= 0.3 is 6.03 Å². The molecule has 2 rings (SSSR count). The van der Waals surface area contributed by atoms with E-state index in [1.165, 1.54) is 0 Å². The monoisotopic (exact) mass is 375 g/mol. The molecule has 0 aliphatic carbocycles. The number of nitrogens with zero attached hydrogens (tertiary/aromatic N) is 1. The largest absolute Gasteiger partial charge is 0.354 e. The molecule has 0 radical (unpaired) electrons. The lowest BCUT2D eigenvalue weighted by molar-refractivity contribution is -0.123. The van der Waals surface area contributed by atoms with Crippen molar-refractivity contribution >= 4 is 11.9 Å². The summed E-state index contributed by atoms with van der Waals surface area (Å²) in [6.07, 6.45) is 0.913. The zero-order chi connectivity index (χ0) is 19.5. The van der Waals surface area contributed by atoms with E-state index < -0.39 is 6.04 Å². The topological polar surface area (TPSA) is 85.5 Å². The minimum atomic E-state index is -0.542. The zero-order valence-electron chi connectivity index (χ0n) is 16.5. The highest BCUT2D eigenvalue weighted by molar-refractivity contribution is 5.87. The maximum atomic E-state index is 12.5. The van der Waals surface area contributed by atoms with E-state index in [1.54, 1.807) is 0 Å². The lowest BCUT2D eigenvalue weighted by Crippen LogP contribution is -2.52. The second-order valence-electron chi connectivity index (χ2n) is 7.27. The van der Waals surface area contributed by atoms with Crippen molar-refractivity contribution in [2.24, 2.45) is 5.92 Å². The minimum Gasteiger partial charge on any atom is -0.354 e. The molecule has 1 unspecified atom stereocenters. The van der Waals surface area contributed by atoms with Gasteiger partial charge in [0, 0.05) is 39.3 Å². The summed E-state index contributed by atoms with van der Waals surface area (Å²) in [4.78, 5) is 27.0. The van der Waals surface area contributed by atoms with Gasteiger partial charge in [0.2, 0.25) is 5.91 Å². The van der Waals surface area contributed by atoms with Crippen molar-refractivity contribution in [3.8, 4) is 0 Å². The molecule has 1 aliphatic rings. The summed E-state index contributed by atoms with van der Waals surface area (Å²) in [6, 6.07) is 8.83. The van der Waals surface area contributed by atoms with E-state index in [0.29, 0.717) is 13.1 Å². The Morgan fingerprint density at radius 1 is 1.11 bits per heavy atom. The average Bonchev–Trinajstić information content (AvgIpc) is 2.69. The van der Waals surface area contributed by atoms with Gasteiger partial charge in [-0.2, -0.15) is 0 Å². The van der Waals surface area contributed by atoms with E-state index >= 15 is 0 Å². The van der Waals surface area contributed by atoms with Gasteiger partial charge in [-0.1, -0.05) is 44.2 Å². The highest BCUT2D eigenvalue weighted by atomic mass is 16.2. The molecule has 3 amide bonds. The third kappa shape index (κ3) is 7.97. The molecular weight excluding hydrogens is 342 g/mol. The van der Waals surface area contributed by atoms with Gasteiger partial charge in [-0.05, 0) is 24.4 Å². The molecule has 0 bridgehead atoms. The van der Waals surface area contributed by atoms with Crippen molar-refractivity contribution < 1.29 is 9.59 Å². The van der Waals surface area contributed by atoms with Crippen LogP contribution in [0.3, 0.4) is 0 Å². The van der Waals surface area contributed by atoms with Crippen molar-refractivity contribution in [3.05, 3.63) is 35.9 Å². The summed E-state index contributed by atoms with van der Waals surface area (Å²) in [7, 11) is 0. The fourth-order valence-corrected chi connectivity index (χ4v) is 3.06. The maximum Gasteiger partial charge on any atom is 0.315 e. The van der Waals surface area contributed by atoms with Crippen LogP contribution < -0.4 is 21.3 Å². The molecule has 7 heteroatoms. The van der Waals surface area contributed by atoms with Gasteiger partial charge in [0.05, 0.1) is 0 Å². The Morgan fingerprint density at radius 3 is 2.48 bits per heavy atom. The summed E-state index contributed by atoms with van der Waals surface area (Å²) in [6.45, 7) is 10.1. The Morgan fingerprint density at radius 2 is 1.81 bits per heavy atom. The number of amides is 3. The lowest BCUT2D eigenvalue weighted by atomic mass is 10.0. The van der Waals surface area contributed by atoms with Crippen LogP contribution in [0.5, 0.6) is 0 Å². The van der Waals surface area contributed by atoms with Crippen LogP contribution in [-0.2, 0) is 11.3 Å². The van der Waals surface area contributed by atoms with Gasteiger partial charge in [0.1, 0.15) is 6.04 Å². The number of hydrogen-bond donors (Lipinski definition) is 4. The molecule has 1 saturated heterocycles. The quantitative estimate of drug-likeness (QED) is 0.484. The van der Waals surface area contributed by atoms with Gasteiger partial charge in [-0.25, -0.2) is 4.79 Å². The summed E-state index contributed by atoms with van der Waals surface area (Å²) in [5.41, 5.74) is 1.02. The van der Waals surface area contributed by atoms with Crippen LogP contribution in [0.25, 0.3) is 0 Å². The summed E-state index contributed by atoms with van der Waals surface area (Å²) in [5, 5.41) is 11.9. The van der Waals surface area contributed by atoms with Crippen LogP contribution in [0.2, 0.25) is 0 Å². The van der Waals surface area contributed by atoms with Crippen molar-refractivity contribution in [1.29, 1.82) is 0 Å². The van der Waals surface area contributed by atoms with E-state index in [-0.39, 0.29) is 17.9 Å². The average molecular weight is 376 g/mol. The SMILES string of the molecule is CC(C)C(NC(=O)NCc1ccccc1)C(=O)NCCCN1CCNCC1. The molecule has 27 heavy (non-hydrogen) atoms. The van der Waals surface area contributed by atoms with Crippen LogP contribution in [0, 0.1) is 5.92 Å². The Balaban J connectivity index is 1.69. The minimum absolute atomic E-state index is 0.0145. The third-order valence-electron chi connectivity index (χ3n) is 4.69. The number of piperazine rings is 1. The van der Waals surface area contributed by atoms with Gasteiger partial charge < -0.3 is 26.2 Å². The zero-order valence-corrected chi connectivity index (χ0v) is 16.5. The van der Waals surface area contributed by atoms with E-state index in [2.05, 4.69) is 26.2 Å². The summed E-state index contributed by atoms with van der Waals surface area (Å²) in [5.74, 6) is -0.110. The second-order valence-corrected chi connectivity index (χ2v) is 7.27. The number of hydrogen-bond acceptors (Lipinski definition) is 4. The van der Waals surface area contributed by atoms with Crippen LogP contribution >= 0.6 is 0 Å². The molecule has 1 aromatic rings. The fourth-order valence-electron chi connectivity index (χ4n) is 3.06. The normalized spacial score (nSPS) is 16.0. The van der Waals surface area contributed by atoms with E-state index in [4.69, 9.17) is 0 Å². The molecule has 1 fully saturated rings. The standard InChI is InChI=1S/C20H33N5O2/c1-16(2)18(24-20(27)23-15-17-7-4-3-5-8-17)19(26)22-9-6-12-25-13-10-21-11-14-25/h3-5,7-8,16,18,21H,6,9-15H2,1-2H3,(H,22,26)(H2,23,24,27). The number of urea groups is 1. The van der Waals surface area contributed by atoms with Crippen molar-refractivity contribution in [2.45, 2.75) is 32.9 Å². The summed E-state index contributed by atoms with van der Waals surface area (Å²) >= 11 is 0. The van der Waals surface area contributed by atoms with Gasteiger partial charge in [0.15, 0.2) is 0 Å². The Hall–Kier alpha value is -2.12. The highest BCUT2D eigenvalue weighted by Gasteiger charge is 2.23. The first-order valence-corrected chi connectivity index (χ1v) is 9.85. The fraction of sp³-hybridized carbons (Fsp3) is 0.600. The van der Waals surface area contributed by atoms with Crippen LogP contribution in [0.1, 0.15) is 25.8 Å². The van der Waals surface area contributed by atoms with Crippen molar-refractivity contribution in [1.82, 2.24) is 26.2 Å². The molecule has 7 nitrogen and oxygen atoms in total. The first-order chi connectivity index (χ1) is 13.1. The molecule has 0 saturated carbocycles. The Labute approximate surface area is 162 Å². The van der Waals surface area contributed by atoms with Crippen molar-refractivity contribution in [2.75, 3.05) is 39.3 Å². The lowest BCUT2D eigenvalue weighted by Gasteiger charge is -2.27. The van der Waals surface area contributed by atoms with E-state index in [9.17, 15) is 9.59 Å². The third-order valence-corrected chi connectivity index (χ3v) is 4.69. The Kier molecular flexibility index (Phi) is 9.07. The predicted octanol–water partition coefficient (Wildman–Crippen LogP) is 0.922. The number of rotatable bonds is 9. The van der Waals surface area contributed by atoms with E-state index in [1.807, 2.05) is 44.2 Å². The smallest absolute Gasteiger partial charge is 0.315 e. The second kappa shape index (κ2) is 11.6. The number of carbonyl (C=O) groups excluding carboxylic acids is 2. The van der Waals surface area contributed by atoms with Crippen LogP contribution in [-0.4, -0.2) is 62.1 Å². The summed E-state index contributed by atoms with van der Waals surface area (Å²) < 4.78 is 0. The molecule has 1 atom stereocenters. The predicted molar refractivity (Wildman–Crippen MR) is 107 cm³/mol. The molecule has 4 N–H and O–H groups in total. The first-order valence-electron chi connectivity index (χ1n) is 9.85. The first kappa shape index (κ1) is 21.2. The number of benzene rings is 1. The molecule has 1 heterocycles. The van der Waals surface area contributed by atoms with Crippen LogP contribution in [0.4, 0.5) is 4.79 Å². The van der Waals surface area contributed by atoms with Crippen molar-refractivity contribution in [3.63, 3.8) is 0 Å². The maximum absolute atomic E-state index is 12.5. The number of nitrogens with one attached hydrogen (secondary N) is 4. The molecule has 1 aliphatic heterocycles. The molecular formula is C20H33N5O2. The van der Waals surface area contributed by atoms with Gasteiger partial charge in [0.25, 0.3) is 0 Å².